The highest BCUT2D eigenvalue weighted by Crippen LogP contribution is 2.36. The molecule has 246 valence electrons. The minimum atomic E-state index is -4.24. The van der Waals surface area contributed by atoms with Gasteiger partial charge in [0.15, 0.2) is 11.5 Å². The summed E-state index contributed by atoms with van der Waals surface area (Å²) in [4.78, 5) is 30.1. The van der Waals surface area contributed by atoms with E-state index in [2.05, 4.69) is 21.2 Å². The third-order valence-corrected chi connectivity index (χ3v) is 10.2. The summed E-state index contributed by atoms with van der Waals surface area (Å²) < 4.78 is 41.8. The predicted molar refractivity (Wildman–Crippen MR) is 185 cm³/mol. The molecule has 2 amide bonds. The van der Waals surface area contributed by atoms with Crippen molar-refractivity contribution in [2.24, 2.45) is 0 Å². The predicted octanol–water partition coefficient (Wildman–Crippen LogP) is 5.97. The van der Waals surface area contributed by atoms with E-state index >= 15 is 0 Å². The van der Waals surface area contributed by atoms with E-state index in [0.29, 0.717) is 31.1 Å². The standard InChI is InChI=1S/C36H38BrN3O6S/c1-3-26(2)38-36(42)32(22-27-11-6-4-7-12-27)39(24-28-13-10-14-29(37)21-28)35(41)25-40(47(43,44)31-15-8-5-9-16-31)30-17-18-33-34(23-30)46-20-19-45-33/h4-18,21,23,26,32H,3,19-20,22,24-25H2,1-2H3,(H,38,42)/t26-,32-/m0/s1. The smallest absolute Gasteiger partial charge is 0.264 e. The molecule has 2 atom stereocenters. The number of carbonyl (C=O) groups excluding carboxylic acids is 2. The van der Waals surface area contributed by atoms with Crippen LogP contribution in [0.5, 0.6) is 11.5 Å². The molecule has 4 aromatic rings. The van der Waals surface area contributed by atoms with Gasteiger partial charge in [0.25, 0.3) is 10.0 Å². The summed E-state index contributed by atoms with van der Waals surface area (Å²) >= 11 is 3.51. The first-order valence-electron chi connectivity index (χ1n) is 15.5. The van der Waals surface area contributed by atoms with Gasteiger partial charge in [-0.3, -0.25) is 13.9 Å². The molecule has 0 unspecified atom stereocenters. The molecule has 0 aromatic heterocycles. The quantitative estimate of drug-likeness (QED) is 0.183. The molecule has 0 radical (unpaired) electrons. The summed E-state index contributed by atoms with van der Waals surface area (Å²) in [6.07, 6.45) is 0.939. The second-order valence-corrected chi connectivity index (χ2v) is 14.1. The summed E-state index contributed by atoms with van der Waals surface area (Å²) in [5, 5.41) is 3.05. The molecule has 0 aliphatic carbocycles. The minimum absolute atomic E-state index is 0.0246. The Morgan fingerprint density at radius 3 is 2.19 bits per heavy atom. The van der Waals surface area contributed by atoms with E-state index in [1.54, 1.807) is 36.4 Å². The Bertz CT molecular complexity index is 1790. The van der Waals surface area contributed by atoms with Gasteiger partial charge in [-0.05, 0) is 60.9 Å². The van der Waals surface area contributed by atoms with Crippen LogP contribution in [-0.2, 0) is 32.6 Å². The van der Waals surface area contributed by atoms with Gasteiger partial charge < -0.3 is 19.7 Å². The number of nitrogens with zero attached hydrogens (tertiary/aromatic N) is 2. The van der Waals surface area contributed by atoms with Crippen LogP contribution in [0.15, 0.2) is 112 Å². The van der Waals surface area contributed by atoms with Gasteiger partial charge in [-0.2, -0.15) is 0 Å². The number of sulfonamides is 1. The molecule has 0 spiro atoms. The molecule has 1 heterocycles. The van der Waals surface area contributed by atoms with Crippen molar-refractivity contribution >= 4 is 43.5 Å². The van der Waals surface area contributed by atoms with Crippen LogP contribution in [0.2, 0.25) is 0 Å². The summed E-state index contributed by atoms with van der Waals surface area (Å²) in [7, 11) is -4.24. The number of amides is 2. The Balaban J connectivity index is 1.59. The maximum Gasteiger partial charge on any atom is 0.264 e. The van der Waals surface area contributed by atoms with E-state index in [9.17, 15) is 18.0 Å². The number of rotatable bonds is 13. The normalized spacial score (nSPS) is 13.7. The van der Waals surface area contributed by atoms with E-state index in [-0.39, 0.29) is 35.5 Å². The maximum atomic E-state index is 14.6. The summed E-state index contributed by atoms with van der Waals surface area (Å²) in [6, 6.07) is 28.7. The highest BCUT2D eigenvalue weighted by atomic mass is 79.9. The van der Waals surface area contributed by atoms with Crippen molar-refractivity contribution in [2.45, 2.75) is 50.2 Å². The average molecular weight is 721 g/mol. The van der Waals surface area contributed by atoms with Crippen LogP contribution in [0.3, 0.4) is 0 Å². The molecule has 9 nitrogen and oxygen atoms in total. The molecule has 5 rings (SSSR count). The Kier molecular flexibility index (Phi) is 11.2. The van der Waals surface area contributed by atoms with Gasteiger partial charge in [-0.15, -0.1) is 0 Å². The monoisotopic (exact) mass is 719 g/mol. The zero-order chi connectivity index (χ0) is 33.4. The van der Waals surface area contributed by atoms with Crippen LogP contribution in [0, 0.1) is 0 Å². The fraction of sp³-hybridized carbons (Fsp3) is 0.278. The number of fused-ring (bicyclic) bond motifs is 1. The lowest BCUT2D eigenvalue weighted by atomic mass is 10.0. The first kappa shape index (κ1) is 34.0. The molecule has 47 heavy (non-hydrogen) atoms. The lowest BCUT2D eigenvalue weighted by molar-refractivity contribution is -0.140. The summed E-state index contributed by atoms with van der Waals surface area (Å²) in [5.74, 6) is 0.0163. The third-order valence-electron chi connectivity index (χ3n) is 7.94. The van der Waals surface area contributed by atoms with E-state index in [4.69, 9.17) is 9.47 Å². The molecule has 1 aliphatic rings. The van der Waals surface area contributed by atoms with Gasteiger partial charge in [0, 0.05) is 29.5 Å². The van der Waals surface area contributed by atoms with E-state index in [1.807, 2.05) is 68.4 Å². The molecule has 1 N–H and O–H groups in total. The second kappa shape index (κ2) is 15.5. The molecule has 1 aliphatic heterocycles. The SMILES string of the molecule is CC[C@H](C)NC(=O)[C@H](Cc1ccccc1)N(Cc1cccc(Br)c1)C(=O)CN(c1ccc2c(c1)OCCO2)S(=O)(=O)c1ccccc1. The van der Waals surface area contributed by atoms with Crippen LogP contribution in [0.4, 0.5) is 5.69 Å². The zero-order valence-corrected chi connectivity index (χ0v) is 28.7. The van der Waals surface area contributed by atoms with Crippen molar-refractivity contribution in [3.63, 3.8) is 0 Å². The van der Waals surface area contributed by atoms with Crippen molar-refractivity contribution in [1.29, 1.82) is 0 Å². The summed E-state index contributed by atoms with van der Waals surface area (Å²) in [5.41, 5.74) is 1.88. The first-order chi connectivity index (χ1) is 22.7. The third kappa shape index (κ3) is 8.52. The topological polar surface area (TPSA) is 105 Å². The molecular weight excluding hydrogens is 682 g/mol. The Morgan fingerprint density at radius 1 is 0.851 bits per heavy atom. The van der Waals surface area contributed by atoms with Crippen LogP contribution in [-0.4, -0.2) is 57.0 Å². The van der Waals surface area contributed by atoms with Crippen molar-refractivity contribution in [3.05, 3.63) is 119 Å². The molecule has 11 heteroatoms. The van der Waals surface area contributed by atoms with Gasteiger partial charge in [0.1, 0.15) is 25.8 Å². The lowest BCUT2D eigenvalue weighted by Crippen LogP contribution is -2.54. The van der Waals surface area contributed by atoms with E-state index < -0.39 is 28.5 Å². The highest BCUT2D eigenvalue weighted by molar-refractivity contribution is 9.10. The maximum absolute atomic E-state index is 14.6. The Labute approximate surface area is 284 Å². The molecule has 4 aromatic carbocycles. The molecule has 0 saturated carbocycles. The number of anilines is 1. The van der Waals surface area contributed by atoms with Gasteiger partial charge in [-0.1, -0.05) is 83.5 Å². The molecule has 0 bridgehead atoms. The lowest BCUT2D eigenvalue weighted by Gasteiger charge is -2.34. The van der Waals surface area contributed by atoms with Gasteiger partial charge in [0.2, 0.25) is 11.8 Å². The Morgan fingerprint density at radius 2 is 1.51 bits per heavy atom. The van der Waals surface area contributed by atoms with Crippen LogP contribution < -0.4 is 19.1 Å². The van der Waals surface area contributed by atoms with Crippen LogP contribution >= 0.6 is 15.9 Å². The van der Waals surface area contributed by atoms with E-state index in [0.717, 1.165) is 19.9 Å². The number of carbonyl (C=O) groups is 2. The minimum Gasteiger partial charge on any atom is -0.486 e. The number of benzene rings is 4. The largest absolute Gasteiger partial charge is 0.486 e. The number of nitrogens with one attached hydrogen (secondary N) is 1. The zero-order valence-electron chi connectivity index (χ0n) is 26.3. The van der Waals surface area contributed by atoms with Gasteiger partial charge in [0.05, 0.1) is 10.6 Å². The number of hydrogen-bond donors (Lipinski definition) is 1. The number of hydrogen-bond acceptors (Lipinski definition) is 6. The second-order valence-electron chi connectivity index (χ2n) is 11.3. The van der Waals surface area contributed by atoms with Gasteiger partial charge >= 0.3 is 0 Å². The van der Waals surface area contributed by atoms with Gasteiger partial charge in [-0.25, -0.2) is 8.42 Å². The van der Waals surface area contributed by atoms with Crippen LogP contribution in [0.1, 0.15) is 31.4 Å². The van der Waals surface area contributed by atoms with Crippen molar-refractivity contribution in [1.82, 2.24) is 10.2 Å². The number of halogens is 1. The average Bonchev–Trinajstić information content (AvgIpc) is 3.09. The molecule has 0 saturated heterocycles. The molecular formula is C36H38BrN3O6S. The fourth-order valence-electron chi connectivity index (χ4n) is 5.26. The van der Waals surface area contributed by atoms with E-state index in [1.165, 1.54) is 17.0 Å². The van der Waals surface area contributed by atoms with Crippen molar-refractivity contribution in [2.75, 3.05) is 24.1 Å². The fourth-order valence-corrected chi connectivity index (χ4v) is 7.14. The molecule has 0 fully saturated rings. The van der Waals surface area contributed by atoms with Crippen LogP contribution in [0.25, 0.3) is 0 Å². The van der Waals surface area contributed by atoms with Crippen molar-refractivity contribution in [3.8, 4) is 11.5 Å². The number of ether oxygens (including phenoxy) is 2. The first-order valence-corrected chi connectivity index (χ1v) is 17.7. The summed E-state index contributed by atoms with van der Waals surface area (Å²) in [6.45, 7) is 4.09. The Hall–Kier alpha value is -4.35. The highest BCUT2D eigenvalue weighted by Gasteiger charge is 2.35. The van der Waals surface area contributed by atoms with Crippen molar-refractivity contribution < 1.29 is 27.5 Å².